The van der Waals surface area contributed by atoms with Gasteiger partial charge in [0.2, 0.25) is 11.8 Å². The van der Waals surface area contributed by atoms with Gasteiger partial charge >= 0.3 is 0 Å². The summed E-state index contributed by atoms with van der Waals surface area (Å²) in [6.07, 6.45) is 0.919. The molecule has 25 heavy (non-hydrogen) atoms. The molecule has 2 amide bonds. The van der Waals surface area contributed by atoms with Crippen molar-refractivity contribution in [3.63, 3.8) is 0 Å². The van der Waals surface area contributed by atoms with Crippen LogP contribution >= 0.6 is 0 Å². The fourth-order valence-electron chi connectivity index (χ4n) is 3.39. The molecular weight excluding hydrogens is 314 g/mol. The summed E-state index contributed by atoms with van der Waals surface area (Å²) in [7, 11) is 1.75. The van der Waals surface area contributed by atoms with Gasteiger partial charge in [0.25, 0.3) is 0 Å². The van der Waals surface area contributed by atoms with Gasteiger partial charge < -0.3 is 10.2 Å². The van der Waals surface area contributed by atoms with Crippen LogP contribution in [0.1, 0.15) is 23.4 Å². The van der Waals surface area contributed by atoms with E-state index in [4.69, 9.17) is 0 Å². The highest BCUT2D eigenvalue weighted by Crippen LogP contribution is 2.36. The van der Waals surface area contributed by atoms with E-state index in [0.29, 0.717) is 25.1 Å². The molecule has 0 aliphatic carbocycles. The zero-order valence-electron chi connectivity index (χ0n) is 14.9. The highest BCUT2D eigenvalue weighted by molar-refractivity contribution is 6.12. The standard InChI is InChI=1S/C20H23N3O2/c1-14-9-10-17(15(2)21-14)22-18(24)20(11-12-23(3)19(20)25)13-16-7-5-4-6-8-16/h4-10H,11-13H2,1-3H3,(H,22,24). The molecule has 1 atom stereocenters. The lowest BCUT2D eigenvalue weighted by molar-refractivity contribution is -0.142. The van der Waals surface area contributed by atoms with Crippen molar-refractivity contribution in [1.82, 2.24) is 9.88 Å². The van der Waals surface area contributed by atoms with Gasteiger partial charge in [-0.15, -0.1) is 0 Å². The van der Waals surface area contributed by atoms with Crippen molar-refractivity contribution in [3.05, 3.63) is 59.4 Å². The van der Waals surface area contributed by atoms with Crippen molar-refractivity contribution in [1.29, 1.82) is 0 Å². The summed E-state index contributed by atoms with van der Waals surface area (Å²) in [4.78, 5) is 32.0. The number of aromatic nitrogens is 1. The monoisotopic (exact) mass is 337 g/mol. The summed E-state index contributed by atoms with van der Waals surface area (Å²) in [5.74, 6) is -0.369. The molecule has 0 spiro atoms. The molecule has 1 saturated heterocycles. The van der Waals surface area contributed by atoms with E-state index in [2.05, 4.69) is 10.3 Å². The molecule has 1 aromatic carbocycles. The van der Waals surface area contributed by atoms with Crippen LogP contribution in [-0.4, -0.2) is 35.3 Å². The van der Waals surface area contributed by atoms with E-state index in [1.807, 2.05) is 56.3 Å². The van der Waals surface area contributed by atoms with Gasteiger partial charge in [0, 0.05) is 19.3 Å². The Bertz CT molecular complexity index is 804. The maximum atomic E-state index is 13.1. The van der Waals surface area contributed by atoms with Crippen LogP contribution in [0.5, 0.6) is 0 Å². The van der Waals surface area contributed by atoms with Gasteiger partial charge in [-0.25, -0.2) is 0 Å². The van der Waals surface area contributed by atoms with Gasteiger partial charge in [0.15, 0.2) is 0 Å². The van der Waals surface area contributed by atoms with E-state index in [9.17, 15) is 9.59 Å². The third kappa shape index (κ3) is 3.27. The number of benzene rings is 1. The first kappa shape index (κ1) is 17.1. The van der Waals surface area contributed by atoms with E-state index in [1.165, 1.54) is 0 Å². The van der Waals surface area contributed by atoms with Gasteiger partial charge in [-0.05, 0) is 44.4 Å². The highest BCUT2D eigenvalue weighted by Gasteiger charge is 2.51. The lowest BCUT2D eigenvalue weighted by Crippen LogP contribution is -2.44. The normalized spacial score (nSPS) is 20.0. The first-order valence-electron chi connectivity index (χ1n) is 8.47. The Morgan fingerprint density at radius 1 is 1.20 bits per heavy atom. The zero-order valence-corrected chi connectivity index (χ0v) is 14.9. The average Bonchev–Trinajstić information content (AvgIpc) is 2.88. The van der Waals surface area contributed by atoms with Crippen molar-refractivity contribution in [2.24, 2.45) is 5.41 Å². The minimum atomic E-state index is -1.06. The van der Waals surface area contributed by atoms with Crippen molar-refractivity contribution >= 4 is 17.5 Å². The van der Waals surface area contributed by atoms with Crippen LogP contribution < -0.4 is 5.32 Å². The number of pyridine rings is 1. The van der Waals surface area contributed by atoms with Crippen LogP contribution in [0.2, 0.25) is 0 Å². The summed E-state index contributed by atoms with van der Waals surface area (Å²) in [5.41, 5.74) is 2.23. The smallest absolute Gasteiger partial charge is 0.240 e. The number of rotatable bonds is 4. The van der Waals surface area contributed by atoms with Gasteiger partial charge in [-0.1, -0.05) is 30.3 Å². The number of nitrogens with one attached hydrogen (secondary N) is 1. The van der Waals surface area contributed by atoms with Gasteiger partial charge in [-0.3, -0.25) is 14.6 Å². The highest BCUT2D eigenvalue weighted by atomic mass is 16.2. The first-order chi connectivity index (χ1) is 11.9. The van der Waals surface area contributed by atoms with Gasteiger partial charge in [0.1, 0.15) is 5.41 Å². The number of nitrogens with zero attached hydrogens (tertiary/aromatic N) is 2. The molecule has 1 aliphatic heterocycles. The van der Waals surface area contributed by atoms with Crippen LogP contribution in [-0.2, 0) is 16.0 Å². The maximum Gasteiger partial charge on any atom is 0.240 e. The van der Waals surface area contributed by atoms with Crippen molar-refractivity contribution in [2.45, 2.75) is 26.7 Å². The average molecular weight is 337 g/mol. The lowest BCUT2D eigenvalue weighted by Gasteiger charge is -2.26. The second kappa shape index (κ2) is 6.67. The SMILES string of the molecule is Cc1ccc(NC(=O)C2(Cc3ccccc3)CCN(C)C2=O)c(C)n1. The maximum absolute atomic E-state index is 13.1. The molecular formula is C20H23N3O2. The minimum Gasteiger partial charge on any atom is -0.345 e. The Labute approximate surface area is 148 Å². The van der Waals surface area contributed by atoms with Crippen molar-refractivity contribution < 1.29 is 9.59 Å². The molecule has 2 aromatic rings. The predicted octanol–water partition coefficient (Wildman–Crippen LogP) is 2.73. The molecule has 5 heteroatoms. The van der Waals surface area contributed by atoms with Crippen LogP contribution in [0.3, 0.4) is 0 Å². The van der Waals surface area contributed by atoms with Crippen LogP contribution in [0, 0.1) is 19.3 Å². The van der Waals surface area contributed by atoms with E-state index in [1.54, 1.807) is 11.9 Å². The number of anilines is 1. The molecule has 5 nitrogen and oxygen atoms in total. The topological polar surface area (TPSA) is 62.3 Å². The molecule has 1 aliphatic rings. The number of aryl methyl sites for hydroxylation is 2. The fraction of sp³-hybridized carbons (Fsp3) is 0.350. The molecule has 0 saturated carbocycles. The number of carbonyl (C=O) groups is 2. The number of hydrogen-bond acceptors (Lipinski definition) is 3. The summed E-state index contributed by atoms with van der Waals surface area (Å²) in [6, 6.07) is 13.4. The Balaban J connectivity index is 1.92. The summed E-state index contributed by atoms with van der Waals surface area (Å²) < 4.78 is 0. The summed E-state index contributed by atoms with van der Waals surface area (Å²) >= 11 is 0. The first-order valence-corrected chi connectivity index (χ1v) is 8.47. The fourth-order valence-corrected chi connectivity index (χ4v) is 3.39. The minimum absolute atomic E-state index is 0.119. The number of amides is 2. The Morgan fingerprint density at radius 2 is 1.92 bits per heavy atom. The molecule has 1 N–H and O–H groups in total. The third-order valence-corrected chi connectivity index (χ3v) is 4.89. The lowest BCUT2D eigenvalue weighted by atomic mass is 9.79. The van der Waals surface area contributed by atoms with Crippen LogP contribution in [0.25, 0.3) is 0 Å². The molecule has 1 fully saturated rings. The Hall–Kier alpha value is -2.69. The molecule has 130 valence electrons. The van der Waals surface area contributed by atoms with E-state index < -0.39 is 5.41 Å². The predicted molar refractivity (Wildman–Crippen MR) is 97.2 cm³/mol. The van der Waals surface area contributed by atoms with Gasteiger partial charge in [-0.2, -0.15) is 0 Å². The Morgan fingerprint density at radius 3 is 2.52 bits per heavy atom. The summed E-state index contributed by atoms with van der Waals surface area (Å²) in [5, 5.41) is 2.94. The molecule has 0 radical (unpaired) electrons. The molecule has 3 rings (SSSR count). The number of likely N-dealkylation sites (tertiary alicyclic amines) is 1. The zero-order chi connectivity index (χ0) is 18.0. The van der Waals surface area contributed by atoms with Crippen LogP contribution in [0.4, 0.5) is 5.69 Å². The Kier molecular flexibility index (Phi) is 4.57. The molecule has 2 heterocycles. The molecule has 0 bridgehead atoms. The largest absolute Gasteiger partial charge is 0.345 e. The molecule has 1 unspecified atom stereocenters. The van der Waals surface area contributed by atoms with E-state index >= 15 is 0 Å². The second-order valence-corrected chi connectivity index (χ2v) is 6.76. The van der Waals surface area contributed by atoms with Crippen molar-refractivity contribution in [3.8, 4) is 0 Å². The number of hydrogen-bond donors (Lipinski definition) is 1. The number of carbonyl (C=O) groups excluding carboxylic acids is 2. The molecule has 1 aromatic heterocycles. The van der Waals surface area contributed by atoms with E-state index in [-0.39, 0.29) is 11.8 Å². The van der Waals surface area contributed by atoms with Gasteiger partial charge in [0.05, 0.1) is 11.4 Å². The third-order valence-electron chi connectivity index (χ3n) is 4.89. The van der Waals surface area contributed by atoms with Crippen molar-refractivity contribution in [2.75, 3.05) is 18.9 Å². The second-order valence-electron chi connectivity index (χ2n) is 6.76. The summed E-state index contributed by atoms with van der Waals surface area (Å²) in [6.45, 7) is 4.35. The van der Waals surface area contributed by atoms with Crippen LogP contribution in [0.15, 0.2) is 42.5 Å². The van der Waals surface area contributed by atoms with E-state index in [0.717, 1.165) is 17.0 Å². The quantitative estimate of drug-likeness (QED) is 0.873.